The lowest BCUT2D eigenvalue weighted by molar-refractivity contribution is 0.533. The highest BCUT2D eigenvalue weighted by molar-refractivity contribution is 6.03. The second-order valence-electron chi connectivity index (χ2n) is 6.64. The molecule has 1 saturated carbocycles. The Balaban J connectivity index is 2.21. The van der Waals surface area contributed by atoms with Crippen molar-refractivity contribution in [3.8, 4) is 0 Å². The molecule has 3 aromatic rings. The third-order valence-electron chi connectivity index (χ3n) is 5.11. The van der Waals surface area contributed by atoms with Crippen LogP contribution in [0.15, 0.2) is 21.0 Å². The molecule has 0 amide bonds. The van der Waals surface area contributed by atoms with Gasteiger partial charge in [0.25, 0.3) is 0 Å². The van der Waals surface area contributed by atoms with Gasteiger partial charge in [0.2, 0.25) is 0 Å². The molecule has 110 valence electrons. The van der Waals surface area contributed by atoms with Crippen LogP contribution in [0.2, 0.25) is 0 Å². The minimum atomic E-state index is 0.0464. The third-order valence-corrected chi connectivity index (χ3v) is 5.11. The fourth-order valence-electron chi connectivity index (χ4n) is 3.76. The summed E-state index contributed by atoms with van der Waals surface area (Å²) in [5.41, 5.74) is 10.8. The summed E-state index contributed by atoms with van der Waals surface area (Å²) in [5.74, 6) is 1.89. The third kappa shape index (κ3) is 1.58. The van der Waals surface area contributed by atoms with E-state index in [1.54, 1.807) is 0 Å². The summed E-state index contributed by atoms with van der Waals surface area (Å²) >= 11 is 0. The Hall–Kier alpha value is -1.74. The Morgan fingerprint density at radius 1 is 1.00 bits per heavy atom. The monoisotopic (exact) mass is 283 g/mol. The largest absolute Gasteiger partial charge is 0.461 e. The molecule has 3 nitrogen and oxygen atoms in total. The van der Waals surface area contributed by atoms with Crippen molar-refractivity contribution in [2.45, 2.75) is 52.0 Å². The van der Waals surface area contributed by atoms with Gasteiger partial charge in [0.05, 0.1) is 0 Å². The van der Waals surface area contributed by atoms with Gasteiger partial charge in [0, 0.05) is 33.4 Å². The van der Waals surface area contributed by atoms with Gasteiger partial charge in [0.15, 0.2) is 0 Å². The summed E-state index contributed by atoms with van der Waals surface area (Å²) in [6.07, 6.45) is 2.25. The topological polar surface area (TPSA) is 52.3 Å². The van der Waals surface area contributed by atoms with Gasteiger partial charge in [0.1, 0.15) is 22.7 Å². The SMILES string of the molecule is Cc1cc2c(C3(C(C)N)CC3)c3oc(C)cc3c(C)c2o1. The van der Waals surface area contributed by atoms with E-state index in [2.05, 4.69) is 26.0 Å². The van der Waals surface area contributed by atoms with Crippen LogP contribution in [0.3, 0.4) is 0 Å². The van der Waals surface area contributed by atoms with Crippen molar-refractivity contribution in [3.63, 3.8) is 0 Å². The van der Waals surface area contributed by atoms with Crippen LogP contribution in [-0.4, -0.2) is 6.04 Å². The number of furan rings is 2. The van der Waals surface area contributed by atoms with E-state index in [-0.39, 0.29) is 11.5 Å². The molecule has 2 aromatic heterocycles. The summed E-state index contributed by atoms with van der Waals surface area (Å²) in [6, 6.07) is 4.37. The minimum Gasteiger partial charge on any atom is -0.461 e. The van der Waals surface area contributed by atoms with Crippen molar-refractivity contribution in [2.24, 2.45) is 5.73 Å². The van der Waals surface area contributed by atoms with E-state index in [1.165, 1.54) is 10.9 Å². The Morgan fingerprint density at radius 2 is 1.57 bits per heavy atom. The zero-order chi connectivity index (χ0) is 14.9. The highest BCUT2D eigenvalue weighted by atomic mass is 16.3. The van der Waals surface area contributed by atoms with Gasteiger partial charge in [-0.2, -0.15) is 0 Å². The maximum Gasteiger partial charge on any atom is 0.139 e. The number of fused-ring (bicyclic) bond motifs is 2. The van der Waals surface area contributed by atoms with Gasteiger partial charge in [-0.25, -0.2) is 0 Å². The second kappa shape index (κ2) is 3.92. The number of nitrogens with two attached hydrogens (primary N) is 1. The quantitative estimate of drug-likeness (QED) is 0.754. The summed E-state index contributed by atoms with van der Waals surface area (Å²) in [6.45, 7) is 8.22. The maximum atomic E-state index is 6.33. The first-order valence-corrected chi connectivity index (χ1v) is 7.63. The number of benzene rings is 1. The standard InChI is InChI=1S/C18H21NO2/c1-9-7-13-11(3)16-14(8-10(2)20-16)15(17(13)21-9)18(5-6-18)12(4)19/h7-8,12H,5-6,19H2,1-4H3. The zero-order valence-corrected chi connectivity index (χ0v) is 13.0. The van der Waals surface area contributed by atoms with Crippen LogP contribution in [0, 0.1) is 20.8 Å². The molecule has 1 unspecified atom stereocenters. The van der Waals surface area contributed by atoms with Crippen LogP contribution in [0.25, 0.3) is 21.9 Å². The molecule has 0 saturated heterocycles. The lowest BCUT2D eigenvalue weighted by atomic mass is 9.85. The van der Waals surface area contributed by atoms with E-state index in [4.69, 9.17) is 14.6 Å². The maximum absolute atomic E-state index is 6.33. The van der Waals surface area contributed by atoms with Gasteiger partial charge in [-0.05, 0) is 52.7 Å². The Morgan fingerprint density at radius 3 is 2.14 bits per heavy atom. The average molecular weight is 283 g/mol. The number of hydrogen-bond acceptors (Lipinski definition) is 3. The smallest absolute Gasteiger partial charge is 0.139 e. The van der Waals surface area contributed by atoms with E-state index in [9.17, 15) is 0 Å². The fourth-order valence-corrected chi connectivity index (χ4v) is 3.76. The van der Waals surface area contributed by atoms with Crippen LogP contribution in [0.1, 0.15) is 42.4 Å². The van der Waals surface area contributed by atoms with Gasteiger partial charge in [-0.15, -0.1) is 0 Å². The van der Waals surface area contributed by atoms with Crippen molar-refractivity contribution < 1.29 is 8.83 Å². The second-order valence-corrected chi connectivity index (χ2v) is 6.64. The molecule has 1 aliphatic carbocycles. The summed E-state index contributed by atoms with van der Waals surface area (Å²) in [4.78, 5) is 0. The molecule has 4 rings (SSSR count). The van der Waals surface area contributed by atoms with Crippen LogP contribution >= 0.6 is 0 Å². The van der Waals surface area contributed by atoms with Crippen LogP contribution in [-0.2, 0) is 5.41 Å². The van der Waals surface area contributed by atoms with Gasteiger partial charge in [-0.3, -0.25) is 0 Å². The molecular formula is C18H21NO2. The molecule has 2 heterocycles. The predicted octanol–water partition coefficient (Wildman–Crippen LogP) is 4.48. The molecule has 1 atom stereocenters. The van der Waals surface area contributed by atoms with E-state index < -0.39 is 0 Å². The van der Waals surface area contributed by atoms with Crippen molar-refractivity contribution in [3.05, 3.63) is 34.8 Å². The van der Waals surface area contributed by atoms with Crippen molar-refractivity contribution in [1.82, 2.24) is 0 Å². The van der Waals surface area contributed by atoms with Gasteiger partial charge in [-0.1, -0.05) is 0 Å². The molecular weight excluding hydrogens is 262 g/mol. The van der Waals surface area contributed by atoms with Crippen LogP contribution < -0.4 is 5.73 Å². The first-order chi connectivity index (χ1) is 9.94. The molecule has 1 aliphatic rings. The van der Waals surface area contributed by atoms with Gasteiger partial charge < -0.3 is 14.6 Å². The van der Waals surface area contributed by atoms with E-state index in [0.717, 1.165) is 46.5 Å². The number of rotatable bonds is 2. The minimum absolute atomic E-state index is 0.0464. The van der Waals surface area contributed by atoms with E-state index in [0.29, 0.717) is 0 Å². The molecule has 3 heteroatoms. The Kier molecular flexibility index (Phi) is 2.42. The first-order valence-electron chi connectivity index (χ1n) is 7.63. The molecule has 1 fully saturated rings. The zero-order valence-electron chi connectivity index (χ0n) is 13.0. The first kappa shape index (κ1) is 13.0. The Labute approximate surface area is 124 Å². The van der Waals surface area contributed by atoms with E-state index >= 15 is 0 Å². The number of hydrogen-bond donors (Lipinski definition) is 1. The molecule has 0 spiro atoms. The summed E-state index contributed by atoms with van der Waals surface area (Å²) < 4.78 is 12.1. The van der Waals surface area contributed by atoms with Crippen molar-refractivity contribution >= 4 is 21.9 Å². The van der Waals surface area contributed by atoms with Crippen LogP contribution in [0.4, 0.5) is 0 Å². The highest BCUT2D eigenvalue weighted by Crippen LogP contribution is 2.55. The Bertz CT molecular complexity index is 805. The highest BCUT2D eigenvalue weighted by Gasteiger charge is 2.50. The molecule has 0 bridgehead atoms. The molecule has 21 heavy (non-hydrogen) atoms. The normalized spacial score (nSPS) is 18.5. The predicted molar refractivity (Wildman–Crippen MR) is 84.8 cm³/mol. The average Bonchev–Trinajstić information content (AvgIpc) is 2.98. The lowest BCUT2D eigenvalue weighted by Gasteiger charge is -2.21. The van der Waals surface area contributed by atoms with Crippen molar-refractivity contribution in [2.75, 3.05) is 0 Å². The summed E-state index contributed by atoms with van der Waals surface area (Å²) in [5, 5.41) is 2.35. The van der Waals surface area contributed by atoms with Crippen LogP contribution in [0.5, 0.6) is 0 Å². The van der Waals surface area contributed by atoms with Crippen molar-refractivity contribution in [1.29, 1.82) is 0 Å². The molecule has 0 radical (unpaired) electrons. The number of aryl methyl sites for hydroxylation is 3. The molecule has 0 aliphatic heterocycles. The lowest BCUT2D eigenvalue weighted by Crippen LogP contribution is -2.31. The van der Waals surface area contributed by atoms with Gasteiger partial charge >= 0.3 is 0 Å². The summed E-state index contributed by atoms with van der Waals surface area (Å²) in [7, 11) is 0. The molecule has 1 aromatic carbocycles. The fraction of sp³-hybridized carbons (Fsp3) is 0.444. The van der Waals surface area contributed by atoms with E-state index in [1.807, 2.05) is 13.8 Å². The molecule has 2 N–H and O–H groups in total.